The van der Waals surface area contributed by atoms with Crippen molar-refractivity contribution in [3.8, 4) is 5.75 Å². The van der Waals surface area contributed by atoms with Crippen LogP contribution in [0.3, 0.4) is 0 Å². The normalized spacial score (nSPS) is 17.6. The largest absolute Gasteiger partial charge is 0.478 e. The van der Waals surface area contributed by atoms with Gasteiger partial charge in [-0.1, -0.05) is 26.8 Å². The Morgan fingerprint density at radius 3 is 2.88 bits per heavy atom. The maximum atomic E-state index is 11.9. The summed E-state index contributed by atoms with van der Waals surface area (Å²) < 4.78 is 10.2. The van der Waals surface area contributed by atoms with Crippen LogP contribution in [0.1, 0.15) is 51.5 Å². The third kappa shape index (κ3) is 4.10. The number of carbonyl (C=O) groups is 1. The van der Waals surface area contributed by atoms with E-state index < -0.39 is 6.10 Å². The molecule has 25 heavy (non-hydrogen) atoms. The summed E-state index contributed by atoms with van der Waals surface area (Å²) in [6.07, 6.45) is 1.11. The van der Waals surface area contributed by atoms with Crippen molar-refractivity contribution in [3.63, 3.8) is 0 Å². The number of aromatic nitrogens is 2. The van der Waals surface area contributed by atoms with Crippen molar-refractivity contribution in [2.24, 2.45) is 5.92 Å². The zero-order valence-electron chi connectivity index (χ0n) is 15.0. The summed E-state index contributed by atoms with van der Waals surface area (Å²) in [5.74, 6) is 2.06. The number of hydrogen-bond donors (Lipinski definition) is 2. The first kappa shape index (κ1) is 17.7. The maximum absolute atomic E-state index is 11.9. The Kier molecular flexibility index (Phi) is 5.22. The number of hydrogen-bond acceptors (Lipinski definition) is 6. The van der Waals surface area contributed by atoms with E-state index in [9.17, 15) is 4.79 Å². The smallest absolute Gasteiger partial charge is 0.265 e. The molecule has 0 radical (unpaired) electrons. The Hall–Kier alpha value is -2.15. The number of nitrogens with one attached hydrogen (secondary N) is 2. The van der Waals surface area contributed by atoms with Crippen molar-refractivity contribution in [1.82, 2.24) is 9.36 Å². The van der Waals surface area contributed by atoms with Crippen LogP contribution >= 0.6 is 11.5 Å². The van der Waals surface area contributed by atoms with Gasteiger partial charge in [-0.2, -0.15) is 4.37 Å². The highest BCUT2D eigenvalue weighted by atomic mass is 32.1. The number of anilines is 2. The summed E-state index contributed by atoms with van der Waals surface area (Å²) in [4.78, 5) is 16.4. The molecule has 0 fully saturated rings. The summed E-state index contributed by atoms with van der Waals surface area (Å²) in [6.45, 7) is 8.33. The first-order chi connectivity index (χ1) is 12.0. The number of nitrogens with zero attached hydrogens (tertiary/aromatic N) is 2. The highest BCUT2D eigenvalue weighted by molar-refractivity contribution is 7.09. The highest BCUT2D eigenvalue weighted by Crippen LogP contribution is 2.33. The van der Waals surface area contributed by atoms with Gasteiger partial charge in [0.25, 0.3) is 5.91 Å². The number of rotatable bonds is 6. The second-order valence-corrected chi connectivity index (χ2v) is 7.49. The summed E-state index contributed by atoms with van der Waals surface area (Å²) in [6, 6.07) is 5.91. The molecule has 2 N–H and O–H groups in total. The third-order valence-corrected chi connectivity index (χ3v) is 4.78. The number of benzene rings is 1. The molecule has 7 heteroatoms. The number of ether oxygens (including phenoxy) is 1. The van der Waals surface area contributed by atoms with Crippen molar-refractivity contribution >= 4 is 28.3 Å². The van der Waals surface area contributed by atoms with E-state index >= 15 is 0 Å². The second-order valence-electron chi connectivity index (χ2n) is 6.74. The van der Waals surface area contributed by atoms with Gasteiger partial charge in [0.1, 0.15) is 11.6 Å². The van der Waals surface area contributed by atoms with Gasteiger partial charge in [0.2, 0.25) is 5.13 Å². The topological polar surface area (TPSA) is 76.1 Å². The summed E-state index contributed by atoms with van der Waals surface area (Å²) >= 11 is 1.39. The van der Waals surface area contributed by atoms with E-state index in [1.807, 2.05) is 25.1 Å². The van der Waals surface area contributed by atoms with Gasteiger partial charge in [0.05, 0.1) is 11.7 Å². The Bertz CT molecular complexity index is 759. The molecular weight excluding hydrogens is 336 g/mol. The Morgan fingerprint density at radius 1 is 1.36 bits per heavy atom. The third-order valence-electron chi connectivity index (χ3n) is 4.09. The van der Waals surface area contributed by atoms with Gasteiger partial charge in [-0.3, -0.25) is 4.79 Å². The van der Waals surface area contributed by atoms with Crippen LogP contribution in [0.25, 0.3) is 0 Å². The summed E-state index contributed by atoms with van der Waals surface area (Å²) in [5, 5.41) is 7.11. The fourth-order valence-electron chi connectivity index (χ4n) is 2.73. The van der Waals surface area contributed by atoms with Crippen LogP contribution in [0.2, 0.25) is 0 Å². The molecule has 1 amide bonds. The van der Waals surface area contributed by atoms with Crippen LogP contribution in [-0.4, -0.2) is 21.4 Å². The monoisotopic (exact) mass is 360 g/mol. The molecule has 1 aliphatic rings. The van der Waals surface area contributed by atoms with E-state index in [0.717, 1.165) is 34.4 Å². The average Bonchev–Trinajstić information content (AvgIpc) is 2.99. The molecule has 0 bridgehead atoms. The minimum absolute atomic E-state index is 0.0615. The molecule has 3 rings (SSSR count). The van der Waals surface area contributed by atoms with E-state index in [1.54, 1.807) is 0 Å². The summed E-state index contributed by atoms with van der Waals surface area (Å²) in [5.41, 5.74) is 1.80. The zero-order chi connectivity index (χ0) is 18.0. The Morgan fingerprint density at radius 2 is 2.16 bits per heavy atom. The van der Waals surface area contributed by atoms with E-state index in [4.69, 9.17) is 4.74 Å². The Labute approximate surface area is 152 Å². The molecule has 0 spiro atoms. The highest BCUT2D eigenvalue weighted by Gasteiger charge is 2.26. The lowest BCUT2D eigenvalue weighted by Crippen LogP contribution is -2.36. The van der Waals surface area contributed by atoms with Gasteiger partial charge in [0, 0.05) is 18.0 Å². The molecule has 2 atom stereocenters. The van der Waals surface area contributed by atoms with Gasteiger partial charge in [-0.25, -0.2) is 4.98 Å². The van der Waals surface area contributed by atoms with Gasteiger partial charge >= 0.3 is 0 Å². The molecule has 1 aromatic carbocycles. The SMILES string of the molecule is CCC1Oc2cc(C(C)Nc3nc(CC(C)C)ns3)ccc2NC1=O. The maximum Gasteiger partial charge on any atom is 0.265 e. The van der Waals surface area contributed by atoms with Gasteiger partial charge in [-0.15, -0.1) is 0 Å². The molecule has 1 aromatic heterocycles. The number of amides is 1. The number of fused-ring (bicyclic) bond motifs is 1. The predicted molar refractivity (Wildman–Crippen MR) is 100 cm³/mol. The fraction of sp³-hybridized carbons (Fsp3) is 0.500. The number of carbonyl (C=O) groups excluding carboxylic acids is 1. The molecule has 1 aliphatic heterocycles. The van der Waals surface area contributed by atoms with Crippen molar-refractivity contribution in [2.75, 3.05) is 10.6 Å². The van der Waals surface area contributed by atoms with E-state index in [2.05, 4.69) is 40.8 Å². The van der Waals surface area contributed by atoms with Crippen molar-refractivity contribution in [3.05, 3.63) is 29.6 Å². The van der Waals surface area contributed by atoms with Gasteiger partial charge in [0.15, 0.2) is 6.10 Å². The van der Waals surface area contributed by atoms with Crippen LogP contribution in [-0.2, 0) is 11.2 Å². The second kappa shape index (κ2) is 7.39. The molecule has 0 saturated heterocycles. The first-order valence-electron chi connectivity index (χ1n) is 8.66. The lowest BCUT2D eigenvalue weighted by atomic mass is 10.1. The molecule has 0 saturated carbocycles. The molecule has 0 aliphatic carbocycles. The first-order valence-corrected chi connectivity index (χ1v) is 9.44. The van der Waals surface area contributed by atoms with E-state index in [0.29, 0.717) is 12.3 Å². The quantitative estimate of drug-likeness (QED) is 0.814. The van der Waals surface area contributed by atoms with E-state index in [1.165, 1.54) is 11.5 Å². The van der Waals surface area contributed by atoms with Crippen LogP contribution < -0.4 is 15.4 Å². The standard InChI is InChI=1S/C18H24N4O2S/c1-5-14-17(23)20-13-7-6-12(9-15(13)24-14)11(4)19-18-21-16(22-25-18)8-10(2)3/h6-7,9-11,14H,5,8H2,1-4H3,(H,20,23)(H,19,21,22). The molecule has 2 aromatic rings. The van der Waals surface area contributed by atoms with Crippen molar-refractivity contribution in [1.29, 1.82) is 0 Å². The zero-order valence-corrected chi connectivity index (χ0v) is 15.8. The molecule has 2 unspecified atom stereocenters. The van der Waals surface area contributed by atoms with Crippen molar-refractivity contribution in [2.45, 2.75) is 52.7 Å². The lowest BCUT2D eigenvalue weighted by Gasteiger charge is -2.26. The van der Waals surface area contributed by atoms with Crippen molar-refractivity contribution < 1.29 is 9.53 Å². The average molecular weight is 360 g/mol. The minimum Gasteiger partial charge on any atom is -0.478 e. The van der Waals surface area contributed by atoms with Crippen LogP contribution in [0, 0.1) is 5.92 Å². The van der Waals surface area contributed by atoms with E-state index in [-0.39, 0.29) is 11.9 Å². The van der Waals surface area contributed by atoms with Gasteiger partial charge in [-0.05, 0) is 37.0 Å². The summed E-state index contributed by atoms with van der Waals surface area (Å²) in [7, 11) is 0. The molecule has 6 nitrogen and oxygen atoms in total. The molecular formula is C18H24N4O2S. The lowest BCUT2D eigenvalue weighted by molar-refractivity contribution is -0.123. The molecule has 134 valence electrons. The van der Waals surface area contributed by atoms with Crippen LogP contribution in [0.4, 0.5) is 10.8 Å². The molecule has 2 heterocycles. The fourth-order valence-corrected chi connectivity index (χ4v) is 3.41. The van der Waals surface area contributed by atoms with Gasteiger partial charge < -0.3 is 15.4 Å². The minimum atomic E-state index is -0.423. The van der Waals surface area contributed by atoms with Crippen LogP contribution in [0.15, 0.2) is 18.2 Å². The Balaban J connectivity index is 1.71. The predicted octanol–water partition coefficient (Wildman–Crippen LogP) is 4.02. The van der Waals surface area contributed by atoms with Crippen LogP contribution in [0.5, 0.6) is 5.75 Å².